The van der Waals surface area contributed by atoms with Gasteiger partial charge in [0.25, 0.3) is 0 Å². The Morgan fingerprint density at radius 1 is 1.09 bits per heavy atom. The molecule has 0 atom stereocenters. The van der Waals surface area contributed by atoms with Crippen molar-refractivity contribution in [3.05, 3.63) is 91.1 Å². The van der Waals surface area contributed by atoms with Crippen LogP contribution in [0.25, 0.3) is 22.5 Å². The lowest BCUT2D eigenvalue weighted by Crippen LogP contribution is -2.43. The Labute approximate surface area is 255 Å². The molecule has 0 amide bonds. The summed E-state index contributed by atoms with van der Waals surface area (Å²) in [6.45, 7) is 20.9. The van der Waals surface area contributed by atoms with Gasteiger partial charge in [0.05, 0.1) is 35.2 Å². The third-order valence-corrected chi connectivity index (χ3v) is 8.38. The summed E-state index contributed by atoms with van der Waals surface area (Å²) in [5, 5.41) is 10.2. The van der Waals surface area contributed by atoms with Crippen LogP contribution in [-0.2, 0) is 0 Å². The third kappa shape index (κ3) is 7.24. The maximum Gasteiger partial charge on any atom is 0.138 e. The number of nitrogens with zero attached hydrogens (tertiary/aromatic N) is 5. The van der Waals surface area contributed by atoms with Crippen molar-refractivity contribution in [2.45, 2.75) is 26.2 Å². The van der Waals surface area contributed by atoms with E-state index in [0.717, 1.165) is 108 Å². The Bertz CT molecular complexity index is 1490. The fourth-order valence-corrected chi connectivity index (χ4v) is 5.87. The van der Waals surface area contributed by atoms with Gasteiger partial charge in [0.15, 0.2) is 0 Å². The van der Waals surface area contributed by atoms with E-state index < -0.39 is 0 Å². The lowest BCUT2D eigenvalue weighted by atomic mass is 9.93. The van der Waals surface area contributed by atoms with Crippen molar-refractivity contribution in [1.82, 2.24) is 35.1 Å². The molecule has 2 fully saturated rings. The van der Waals surface area contributed by atoms with Crippen molar-refractivity contribution in [2.24, 2.45) is 5.92 Å². The smallest absolute Gasteiger partial charge is 0.138 e. The number of imidazole rings is 1. The normalized spacial score (nSPS) is 16.6. The van der Waals surface area contributed by atoms with Crippen LogP contribution in [0.5, 0.6) is 0 Å². The number of allylic oxidation sites excluding steroid dienone is 3. The molecule has 4 N–H and O–H groups in total. The predicted molar refractivity (Wildman–Crippen MR) is 179 cm³/mol. The van der Waals surface area contributed by atoms with E-state index >= 15 is 0 Å². The second-order valence-corrected chi connectivity index (χ2v) is 11.6. The number of piperazine rings is 1. The molecule has 0 unspecified atom stereocenters. The van der Waals surface area contributed by atoms with Crippen LogP contribution in [0.4, 0.5) is 11.4 Å². The lowest BCUT2D eigenvalue weighted by molar-refractivity contribution is 0.207. The van der Waals surface area contributed by atoms with Crippen LogP contribution in [0.3, 0.4) is 0 Å². The highest BCUT2D eigenvalue weighted by molar-refractivity contribution is 5.85. The molecule has 0 aliphatic carbocycles. The number of nitrogens with one attached hydrogen (secondary N) is 4. The van der Waals surface area contributed by atoms with E-state index in [9.17, 15) is 0 Å². The summed E-state index contributed by atoms with van der Waals surface area (Å²) in [7, 11) is 4.05. The molecule has 0 saturated carbocycles. The Kier molecular flexibility index (Phi) is 9.74. The molecule has 0 radical (unpaired) electrons. The summed E-state index contributed by atoms with van der Waals surface area (Å²) in [6, 6.07) is 4.13. The highest BCUT2D eigenvalue weighted by Crippen LogP contribution is 2.33. The van der Waals surface area contributed by atoms with Crippen molar-refractivity contribution in [2.75, 3.05) is 64.0 Å². The van der Waals surface area contributed by atoms with Gasteiger partial charge in [0.2, 0.25) is 0 Å². The molecule has 5 heterocycles. The summed E-state index contributed by atoms with van der Waals surface area (Å²) in [5.41, 5.74) is 9.25. The van der Waals surface area contributed by atoms with Gasteiger partial charge in [-0.2, -0.15) is 0 Å². The minimum Gasteiger partial charge on any atom is -0.386 e. The monoisotopic (exact) mass is 579 g/mol. The topological polar surface area (TPSA) is 97.0 Å². The van der Waals surface area contributed by atoms with Gasteiger partial charge in [-0.25, -0.2) is 4.98 Å². The predicted octanol–water partition coefficient (Wildman–Crippen LogP) is 5.37. The molecular weight excluding hydrogens is 534 g/mol. The number of piperidine rings is 1. The van der Waals surface area contributed by atoms with Crippen LogP contribution in [0.15, 0.2) is 68.3 Å². The van der Waals surface area contributed by atoms with E-state index in [4.69, 9.17) is 9.97 Å². The number of aromatic nitrogens is 4. The van der Waals surface area contributed by atoms with Gasteiger partial charge in [0, 0.05) is 67.5 Å². The molecule has 2 aliphatic heterocycles. The minimum atomic E-state index is 0.664. The molecule has 3 aromatic heterocycles. The summed E-state index contributed by atoms with van der Waals surface area (Å²) in [6.07, 6.45) is 12.7. The van der Waals surface area contributed by atoms with E-state index in [1.54, 1.807) is 0 Å². The van der Waals surface area contributed by atoms with Crippen molar-refractivity contribution >= 4 is 22.6 Å². The van der Waals surface area contributed by atoms with Crippen LogP contribution in [0.2, 0.25) is 0 Å². The number of aromatic amines is 1. The average molecular weight is 580 g/mol. The largest absolute Gasteiger partial charge is 0.386 e. The van der Waals surface area contributed by atoms with Crippen LogP contribution < -0.4 is 16.0 Å². The number of hydrogen-bond donors (Lipinski definition) is 4. The number of likely N-dealkylation sites (N-methyl/N-ethyl adjacent to an activating group) is 1. The first-order chi connectivity index (χ1) is 20.9. The molecule has 9 nitrogen and oxygen atoms in total. The molecule has 9 heteroatoms. The maximum absolute atomic E-state index is 5.06. The first kappa shape index (κ1) is 30.3. The van der Waals surface area contributed by atoms with Crippen LogP contribution >= 0.6 is 0 Å². The average Bonchev–Trinajstić information content (AvgIpc) is 3.41. The van der Waals surface area contributed by atoms with Crippen molar-refractivity contribution < 1.29 is 0 Å². The zero-order chi connectivity index (χ0) is 30.3. The Morgan fingerprint density at radius 2 is 1.86 bits per heavy atom. The number of aryl methyl sites for hydroxylation is 1. The summed E-state index contributed by atoms with van der Waals surface area (Å²) >= 11 is 0. The van der Waals surface area contributed by atoms with E-state index in [1.807, 2.05) is 31.7 Å². The fourth-order valence-electron chi connectivity index (χ4n) is 5.87. The molecule has 5 rings (SSSR count). The van der Waals surface area contributed by atoms with Crippen LogP contribution in [0, 0.1) is 12.8 Å². The highest BCUT2D eigenvalue weighted by Gasteiger charge is 2.23. The van der Waals surface area contributed by atoms with Gasteiger partial charge < -0.3 is 30.7 Å². The Morgan fingerprint density at radius 3 is 2.58 bits per heavy atom. The van der Waals surface area contributed by atoms with Gasteiger partial charge in [-0.3, -0.25) is 9.97 Å². The van der Waals surface area contributed by atoms with E-state index in [-0.39, 0.29) is 0 Å². The minimum absolute atomic E-state index is 0.664. The Balaban J connectivity index is 1.38. The summed E-state index contributed by atoms with van der Waals surface area (Å²) < 4.78 is 0. The first-order valence-electron chi connectivity index (χ1n) is 15.2. The molecule has 0 aromatic carbocycles. The first-order valence-corrected chi connectivity index (χ1v) is 15.2. The van der Waals surface area contributed by atoms with Crippen LogP contribution in [-0.4, -0.2) is 83.1 Å². The number of hydrogen-bond acceptors (Lipinski definition) is 8. The Hall–Kier alpha value is -4.21. The van der Waals surface area contributed by atoms with Gasteiger partial charge >= 0.3 is 0 Å². The van der Waals surface area contributed by atoms with Gasteiger partial charge in [-0.05, 0) is 70.5 Å². The number of rotatable bonds is 11. The molecule has 226 valence electrons. The zero-order valence-corrected chi connectivity index (χ0v) is 25.8. The second-order valence-electron chi connectivity index (χ2n) is 11.6. The van der Waals surface area contributed by atoms with Gasteiger partial charge in [0.1, 0.15) is 11.5 Å². The molecule has 2 saturated heterocycles. The fraction of sp³-hybridized carbons (Fsp3) is 0.382. The van der Waals surface area contributed by atoms with Crippen molar-refractivity contribution in [3.8, 4) is 11.3 Å². The second kappa shape index (κ2) is 13.8. The standard InChI is InChI=1S/C34H45N9/c1-7-8-32(43-15-13-42(6)14-16-43)33-25(4)40-34(41-33)24(3)29-19-30(38-22-31(29)35-5)27-18-28(21-37-20-27)39-23(2)17-26-9-11-36-12-10-26/h7-8,18-22,26,35-36,39H,1-3,9-17H2,4-6H3,(H,40,41)/b32-8+. The van der Waals surface area contributed by atoms with Crippen LogP contribution in [0.1, 0.15) is 42.0 Å². The zero-order valence-electron chi connectivity index (χ0n) is 25.8. The highest BCUT2D eigenvalue weighted by atomic mass is 15.3. The summed E-state index contributed by atoms with van der Waals surface area (Å²) in [4.78, 5) is 22.5. The number of H-pyrrole nitrogens is 1. The van der Waals surface area contributed by atoms with E-state index in [2.05, 4.69) is 87.6 Å². The number of pyridine rings is 2. The number of anilines is 2. The van der Waals surface area contributed by atoms with Gasteiger partial charge in [-0.1, -0.05) is 25.8 Å². The van der Waals surface area contributed by atoms with E-state index in [0.29, 0.717) is 5.92 Å². The quantitative estimate of drug-likeness (QED) is 0.225. The molecule has 2 aliphatic rings. The summed E-state index contributed by atoms with van der Waals surface area (Å²) in [5.74, 6) is 1.39. The maximum atomic E-state index is 5.06. The molecular formula is C34H45N9. The third-order valence-electron chi connectivity index (χ3n) is 8.38. The molecule has 0 spiro atoms. The van der Waals surface area contributed by atoms with Crippen molar-refractivity contribution in [1.29, 1.82) is 0 Å². The van der Waals surface area contributed by atoms with Gasteiger partial charge in [-0.15, -0.1) is 0 Å². The lowest BCUT2D eigenvalue weighted by Gasteiger charge is -2.35. The molecule has 3 aromatic rings. The van der Waals surface area contributed by atoms with Crippen molar-refractivity contribution in [3.63, 3.8) is 0 Å². The molecule has 0 bridgehead atoms. The van der Waals surface area contributed by atoms with E-state index in [1.165, 1.54) is 12.8 Å². The SMILES string of the molecule is C=C/C=C(\c1nc(C(=C)c2cc(-c3cncc(NC(=C)CC4CCNCC4)c3)ncc2NC)[nH]c1C)N1CCN(C)CC1. The molecule has 43 heavy (non-hydrogen) atoms.